The summed E-state index contributed by atoms with van der Waals surface area (Å²) in [6, 6.07) is 5.36. The summed E-state index contributed by atoms with van der Waals surface area (Å²) < 4.78 is 13.6. The molecule has 0 spiro atoms. The van der Waals surface area contributed by atoms with E-state index >= 15 is 0 Å². The van der Waals surface area contributed by atoms with Crippen LogP contribution in [0.4, 0.5) is 4.39 Å². The number of carboxylic acids is 1. The van der Waals surface area contributed by atoms with Gasteiger partial charge in [0.15, 0.2) is 5.69 Å². The summed E-state index contributed by atoms with van der Waals surface area (Å²) in [5, 5.41) is 8.94. The molecular formula is C11H6ClFN2O2. The third-order valence-electron chi connectivity index (χ3n) is 2.11. The molecule has 0 aliphatic carbocycles. The van der Waals surface area contributed by atoms with Gasteiger partial charge >= 0.3 is 5.97 Å². The van der Waals surface area contributed by atoms with Crippen LogP contribution in [0.25, 0.3) is 11.3 Å². The highest BCUT2D eigenvalue weighted by Gasteiger charge is 2.13. The van der Waals surface area contributed by atoms with Crippen molar-refractivity contribution in [3.8, 4) is 11.3 Å². The zero-order chi connectivity index (χ0) is 12.4. The predicted octanol–water partition coefficient (Wildman–Crippen LogP) is 2.63. The molecule has 0 saturated heterocycles. The van der Waals surface area contributed by atoms with Gasteiger partial charge in [0.1, 0.15) is 12.1 Å². The van der Waals surface area contributed by atoms with E-state index in [0.717, 1.165) is 6.33 Å². The van der Waals surface area contributed by atoms with Crippen LogP contribution in [-0.4, -0.2) is 21.0 Å². The first-order valence-corrected chi connectivity index (χ1v) is 4.97. The molecule has 1 aromatic heterocycles. The summed E-state index contributed by atoms with van der Waals surface area (Å²) in [5.74, 6) is -1.77. The Morgan fingerprint density at radius 1 is 1.35 bits per heavy atom. The highest BCUT2D eigenvalue weighted by atomic mass is 35.5. The lowest BCUT2D eigenvalue weighted by molar-refractivity contribution is 0.0690. The Balaban J connectivity index is 2.61. The molecule has 0 unspecified atom stereocenters. The Bertz CT molecular complexity index is 569. The van der Waals surface area contributed by atoms with Gasteiger partial charge in [-0.05, 0) is 18.2 Å². The molecular weight excluding hydrogens is 247 g/mol. The van der Waals surface area contributed by atoms with Crippen molar-refractivity contribution in [2.24, 2.45) is 0 Å². The highest BCUT2D eigenvalue weighted by molar-refractivity contribution is 6.33. The molecule has 0 atom stereocenters. The van der Waals surface area contributed by atoms with Crippen molar-refractivity contribution in [2.45, 2.75) is 0 Å². The van der Waals surface area contributed by atoms with E-state index in [1.54, 1.807) is 0 Å². The van der Waals surface area contributed by atoms with Gasteiger partial charge < -0.3 is 5.11 Å². The van der Waals surface area contributed by atoms with E-state index < -0.39 is 11.8 Å². The third kappa shape index (κ3) is 2.24. The number of aromatic carboxylic acids is 1. The Hall–Kier alpha value is -2.01. The molecule has 1 N–H and O–H groups in total. The number of aromatic nitrogens is 2. The van der Waals surface area contributed by atoms with Crippen LogP contribution in [0, 0.1) is 5.82 Å². The fourth-order valence-electron chi connectivity index (χ4n) is 1.35. The molecule has 6 heteroatoms. The predicted molar refractivity (Wildman–Crippen MR) is 59.4 cm³/mol. The lowest BCUT2D eigenvalue weighted by atomic mass is 10.1. The van der Waals surface area contributed by atoms with Crippen LogP contribution < -0.4 is 0 Å². The molecule has 0 aliphatic rings. The molecule has 86 valence electrons. The van der Waals surface area contributed by atoms with Crippen LogP contribution in [0.1, 0.15) is 10.5 Å². The van der Waals surface area contributed by atoms with Gasteiger partial charge in [0.2, 0.25) is 0 Å². The topological polar surface area (TPSA) is 63.1 Å². The van der Waals surface area contributed by atoms with Crippen LogP contribution in [-0.2, 0) is 0 Å². The van der Waals surface area contributed by atoms with Crippen LogP contribution >= 0.6 is 11.6 Å². The molecule has 2 aromatic rings. The number of rotatable bonds is 2. The minimum absolute atomic E-state index is 0.0686. The summed E-state index contributed by atoms with van der Waals surface area (Å²) in [4.78, 5) is 18.1. The van der Waals surface area contributed by atoms with Gasteiger partial charge in [-0.15, -0.1) is 0 Å². The maximum atomic E-state index is 13.6. The minimum Gasteiger partial charge on any atom is -0.477 e. The van der Waals surface area contributed by atoms with Gasteiger partial charge in [0.05, 0.1) is 16.3 Å². The highest BCUT2D eigenvalue weighted by Crippen LogP contribution is 2.28. The number of halogens is 2. The van der Waals surface area contributed by atoms with Crippen molar-refractivity contribution in [3.63, 3.8) is 0 Å². The Morgan fingerprint density at radius 2 is 2.12 bits per heavy atom. The standard InChI is InChI=1S/C11H6ClFN2O2/c12-6-2-1-3-7(13)10(6)8-4-9(11(16)17)15-5-14-8/h1-5H,(H,16,17). The first kappa shape index (κ1) is 11.5. The number of hydrogen-bond acceptors (Lipinski definition) is 3. The van der Waals surface area contributed by atoms with Crippen molar-refractivity contribution >= 4 is 17.6 Å². The second-order valence-electron chi connectivity index (χ2n) is 3.19. The molecule has 0 bridgehead atoms. The third-order valence-corrected chi connectivity index (χ3v) is 2.42. The zero-order valence-corrected chi connectivity index (χ0v) is 9.15. The monoisotopic (exact) mass is 252 g/mol. The summed E-state index contributed by atoms with van der Waals surface area (Å²) in [6.45, 7) is 0. The van der Waals surface area contributed by atoms with Gasteiger partial charge in [0, 0.05) is 0 Å². The lowest BCUT2D eigenvalue weighted by Gasteiger charge is -2.05. The largest absolute Gasteiger partial charge is 0.477 e. The van der Waals surface area contributed by atoms with E-state index in [2.05, 4.69) is 9.97 Å². The van der Waals surface area contributed by atoms with Gasteiger partial charge in [-0.25, -0.2) is 19.2 Å². The molecule has 0 fully saturated rings. The van der Waals surface area contributed by atoms with E-state index in [9.17, 15) is 9.18 Å². The Morgan fingerprint density at radius 3 is 2.76 bits per heavy atom. The second kappa shape index (κ2) is 4.47. The van der Waals surface area contributed by atoms with Gasteiger partial charge in [0.25, 0.3) is 0 Å². The smallest absolute Gasteiger partial charge is 0.354 e. The fourth-order valence-corrected chi connectivity index (χ4v) is 1.61. The average molecular weight is 253 g/mol. The summed E-state index contributed by atoms with van der Waals surface area (Å²) in [6.07, 6.45) is 1.06. The fraction of sp³-hybridized carbons (Fsp3) is 0. The maximum Gasteiger partial charge on any atom is 0.354 e. The van der Waals surface area contributed by atoms with Crippen molar-refractivity contribution < 1.29 is 14.3 Å². The van der Waals surface area contributed by atoms with E-state index in [1.807, 2.05) is 0 Å². The first-order chi connectivity index (χ1) is 8.09. The first-order valence-electron chi connectivity index (χ1n) is 4.59. The van der Waals surface area contributed by atoms with Gasteiger partial charge in [-0.3, -0.25) is 0 Å². The molecule has 0 aliphatic heterocycles. The second-order valence-corrected chi connectivity index (χ2v) is 3.60. The zero-order valence-electron chi connectivity index (χ0n) is 8.39. The van der Waals surface area contributed by atoms with E-state index in [-0.39, 0.29) is 22.0 Å². The molecule has 1 heterocycles. The summed E-state index contributed by atoms with van der Waals surface area (Å²) >= 11 is 5.85. The molecule has 17 heavy (non-hydrogen) atoms. The number of nitrogens with zero attached hydrogens (tertiary/aromatic N) is 2. The Labute approximate surface area is 101 Å². The van der Waals surface area contributed by atoms with Crippen molar-refractivity contribution in [1.29, 1.82) is 0 Å². The number of benzene rings is 1. The SMILES string of the molecule is O=C(O)c1cc(-c2c(F)cccc2Cl)ncn1. The molecule has 0 radical (unpaired) electrons. The average Bonchev–Trinajstić information content (AvgIpc) is 2.29. The van der Waals surface area contributed by atoms with Crippen LogP contribution in [0.5, 0.6) is 0 Å². The van der Waals surface area contributed by atoms with Crippen molar-refractivity contribution in [3.05, 3.63) is 47.1 Å². The molecule has 0 amide bonds. The van der Waals surface area contributed by atoms with E-state index in [4.69, 9.17) is 16.7 Å². The molecule has 1 aromatic carbocycles. The normalized spacial score (nSPS) is 10.2. The number of carboxylic acid groups (broad SMARTS) is 1. The summed E-state index contributed by atoms with van der Waals surface area (Å²) in [7, 11) is 0. The van der Waals surface area contributed by atoms with Gasteiger partial charge in [-0.1, -0.05) is 17.7 Å². The number of carbonyl (C=O) groups is 1. The molecule has 2 rings (SSSR count). The van der Waals surface area contributed by atoms with Crippen molar-refractivity contribution in [2.75, 3.05) is 0 Å². The molecule has 0 saturated carbocycles. The Kier molecular flexibility index (Phi) is 3.01. The minimum atomic E-state index is -1.21. The summed E-state index contributed by atoms with van der Waals surface area (Å²) in [5.41, 5.74) is -0.00566. The molecule has 4 nitrogen and oxygen atoms in total. The van der Waals surface area contributed by atoms with E-state index in [0.29, 0.717) is 0 Å². The lowest BCUT2D eigenvalue weighted by Crippen LogP contribution is -2.01. The maximum absolute atomic E-state index is 13.6. The van der Waals surface area contributed by atoms with Crippen LogP contribution in [0.3, 0.4) is 0 Å². The number of hydrogen-bond donors (Lipinski definition) is 1. The van der Waals surface area contributed by atoms with Crippen molar-refractivity contribution in [1.82, 2.24) is 9.97 Å². The van der Waals surface area contributed by atoms with Crippen LogP contribution in [0.15, 0.2) is 30.6 Å². The quantitative estimate of drug-likeness (QED) is 0.892. The van der Waals surface area contributed by atoms with Gasteiger partial charge in [-0.2, -0.15) is 0 Å². The van der Waals surface area contributed by atoms with Crippen LogP contribution in [0.2, 0.25) is 5.02 Å². The van der Waals surface area contributed by atoms with E-state index in [1.165, 1.54) is 24.3 Å².